The molecule has 0 unspecified atom stereocenters. The number of amides is 2. The fourth-order valence-electron chi connectivity index (χ4n) is 4.04. The quantitative estimate of drug-likeness (QED) is 0.753. The molecule has 2 heterocycles. The maximum Gasteiger partial charge on any atom is 0.253 e. The van der Waals surface area contributed by atoms with Gasteiger partial charge < -0.3 is 9.80 Å². The smallest absolute Gasteiger partial charge is 0.253 e. The number of benzene rings is 1. The largest absolute Gasteiger partial charge is 0.341 e. The Morgan fingerprint density at radius 2 is 1.54 bits per heavy atom. The molecule has 3 rings (SSSR count). The number of hydrogen-bond donors (Lipinski definition) is 0. The minimum atomic E-state index is 0.0714. The third-order valence-electron chi connectivity index (χ3n) is 5.33. The minimum absolute atomic E-state index is 0.0714. The molecule has 2 saturated heterocycles. The van der Waals surface area contributed by atoms with Crippen LogP contribution < -0.4 is 0 Å². The van der Waals surface area contributed by atoms with Gasteiger partial charge in [-0.15, -0.1) is 0 Å². The van der Waals surface area contributed by atoms with Gasteiger partial charge in [-0.05, 0) is 42.5 Å². The van der Waals surface area contributed by atoms with Gasteiger partial charge in [-0.1, -0.05) is 29.8 Å². The SMILES string of the molecule is C[C@@H]1C[C@@H](C)CN(C(=O)CN2CCN(C(=O)c3ccc(Br)cc3)CC2)C1. The lowest BCUT2D eigenvalue weighted by Crippen LogP contribution is -2.53. The highest BCUT2D eigenvalue weighted by Crippen LogP contribution is 2.21. The van der Waals surface area contributed by atoms with Gasteiger partial charge in [0.2, 0.25) is 5.91 Å². The van der Waals surface area contributed by atoms with Crippen LogP contribution >= 0.6 is 15.9 Å². The first-order valence-corrected chi connectivity index (χ1v) is 10.3. The molecule has 26 heavy (non-hydrogen) atoms. The van der Waals surface area contributed by atoms with Crippen LogP contribution in [-0.2, 0) is 4.79 Å². The van der Waals surface area contributed by atoms with Gasteiger partial charge in [0.1, 0.15) is 0 Å². The molecule has 1 aromatic carbocycles. The Bertz CT molecular complexity index is 631. The van der Waals surface area contributed by atoms with Crippen molar-refractivity contribution in [1.82, 2.24) is 14.7 Å². The highest BCUT2D eigenvalue weighted by Gasteiger charge is 2.28. The summed E-state index contributed by atoms with van der Waals surface area (Å²) < 4.78 is 0.971. The van der Waals surface area contributed by atoms with Crippen LogP contribution in [0.3, 0.4) is 0 Å². The van der Waals surface area contributed by atoms with E-state index in [0.29, 0.717) is 37.0 Å². The molecule has 0 spiro atoms. The van der Waals surface area contributed by atoms with Crippen molar-refractivity contribution in [3.63, 3.8) is 0 Å². The second-order valence-corrected chi connectivity index (χ2v) is 8.74. The monoisotopic (exact) mass is 421 g/mol. The molecule has 5 nitrogen and oxygen atoms in total. The van der Waals surface area contributed by atoms with Crippen LogP contribution in [0.2, 0.25) is 0 Å². The fourth-order valence-corrected chi connectivity index (χ4v) is 4.31. The van der Waals surface area contributed by atoms with Crippen LogP contribution in [0.1, 0.15) is 30.6 Å². The van der Waals surface area contributed by atoms with Crippen LogP contribution in [0.4, 0.5) is 0 Å². The van der Waals surface area contributed by atoms with Crippen molar-refractivity contribution in [3.8, 4) is 0 Å². The summed E-state index contributed by atoms with van der Waals surface area (Å²) in [4.78, 5) is 31.3. The number of carbonyl (C=O) groups excluding carboxylic acids is 2. The Morgan fingerprint density at radius 1 is 0.962 bits per heavy atom. The van der Waals surface area contributed by atoms with Crippen molar-refractivity contribution in [1.29, 1.82) is 0 Å². The first kappa shape index (κ1) is 19.4. The van der Waals surface area contributed by atoms with Crippen molar-refractivity contribution in [3.05, 3.63) is 34.3 Å². The molecule has 6 heteroatoms. The lowest BCUT2D eigenvalue weighted by atomic mass is 9.92. The number of piperidine rings is 1. The first-order valence-electron chi connectivity index (χ1n) is 9.47. The number of hydrogen-bond acceptors (Lipinski definition) is 3. The third-order valence-corrected chi connectivity index (χ3v) is 5.86. The predicted molar refractivity (Wildman–Crippen MR) is 106 cm³/mol. The Balaban J connectivity index is 1.48. The van der Waals surface area contributed by atoms with Crippen molar-refractivity contribution in [2.24, 2.45) is 11.8 Å². The zero-order valence-electron chi connectivity index (χ0n) is 15.7. The summed E-state index contributed by atoms with van der Waals surface area (Å²) in [5.74, 6) is 1.48. The molecule has 0 bridgehead atoms. The number of rotatable bonds is 3. The van der Waals surface area contributed by atoms with Crippen LogP contribution in [0, 0.1) is 11.8 Å². The van der Waals surface area contributed by atoms with E-state index < -0.39 is 0 Å². The van der Waals surface area contributed by atoms with E-state index in [9.17, 15) is 9.59 Å². The summed E-state index contributed by atoms with van der Waals surface area (Å²) in [6.45, 7) is 9.55. The molecule has 0 N–H and O–H groups in total. The number of piperazine rings is 1. The molecule has 2 aliphatic rings. The third kappa shape index (κ3) is 4.86. The number of nitrogens with zero attached hydrogens (tertiary/aromatic N) is 3. The van der Waals surface area contributed by atoms with E-state index in [2.05, 4.69) is 34.7 Å². The average molecular weight is 422 g/mol. The van der Waals surface area contributed by atoms with Gasteiger partial charge in [0.05, 0.1) is 6.54 Å². The zero-order chi connectivity index (χ0) is 18.7. The van der Waals surface area contributed by atoms with Crippen LogP contribution in [0.15, 0.2) is 28.7 Å². The standard InChI is InChI=1S/C20H28BrN3O2/c1-15-11-16(2)13-24(12-15)19(25)14-22-7-9-23(10-8-22)20(26)17-3-5-18(21)6-4-17/h3-6,15-16H,7-14H2,1-2H3/t15-,16-/m1/s1. The second-order valence-electron chi connectivity index (χ2n) is 7.82. The minimum Gasteiger partial charge on any atom is -0.341 e. The number of halogens is 1. The van der Waals surface area contributed by atoms with E-state index >= 15 is 0 Å². The molecule has 2 fully saturated rings. The summed E-state index contributed by atoms with van der Waals surface area (Å²) >= 11 is 3.39. The summed E-state index contributed by atoms with van der Waals surface area (Å²) in [5.41, 5.74) is 0.717. The van der Waals surface area contributed by atoms with Crippen molar-refractivity contribution in [2.75, 3.05) is 45.8 Å². The first-order chi connectivity index (χ1) is 12.4. The lowest BCUT2D eigenvalue weighted by Gasteiger charge is -2.38. The van der Waals surface area contributed by atoms with Crippen molar-refractivity contribution >= 4 is 27.7 Å². The van der Waals surface area contributed by atoms with E-state index in [0.717, 1.165) is 30.7 Å². The van der Waals surface area contributed by atoms with E-state index in [-0.39, 0.29) is 11.8 Å². The van der Waals surface area contributed by atoms with E-state index in [1.54, 1.807) is 0 Å². The molecule has 2 aliphatic heterocycles. The van der Waals surface area contributed by atoms with Gasteiger partial charge in [0, 0.05) is 49.3 Å². The van der Waals surface area contributed by atoms with Crippen molar-refractivity contribution < 1.29 is 9.59 Å². The summed E-state index contributed by atoms with van der Waals surface area (Å²) in [6, 6.07) is 7.48. The Hall–Kier alpha value is -1.40. The number of likely N-dealkylation sites (tertiary alicyclic amines) is 1. The topological polar surface area (TPSA) is 43.9 Å². The summed E-state index contributed by atoms with van der Waals surface area (Å²) in [7, 11) is 0. The average Bonchev–Trinajstić information content (AvgIpc) is 2.61. The Labute approximate surface area is 164 Å². The molecule has 2 atom stereocenters. The lowest BCUT2D eigenvalue weighted by molar-refractivity contribution is -0.135. The van der Waals surface area contributed by atoms with Gasteiger partial charge in [0.25, 0.3) is 5.91 Å². The van der Waals surface area contributed by atoms with E-state index in [1.165, 1.54) is 6.42 Å². The summed E-state index contributed by atoms with van der Waals surface area (Å²) in [6.07, 6.45) is 1.21. The van der Waals surface area contributed by atoms with Crippen LogP contribution in [-0.4, -0.2) is 72.3 Å². The number of carbonyl (C=O) groups is 2. The predicted octanol–water partition coefficient (Wildman–Crippen LogP) is 2.71. The normalized spacial score (nSPS) is 24.6. The van der Waals surface area contributed by atoms with Crippen LogP contribution in [0.25, 0.3) is 0 Å². The molecular formula is C20H28BrN3O2. The van der Waals surface area contributed by atoms with Crippen molar-refractivity contribution in [2.45, 2.75) is 20.3 Å². The maximum absolute atomic E-state index is 12.6. The summed E-state index contributed by atoms with van der Waals surface area (Å²) in [5, 5.41) is 0. The molecule has 0 aliphatic carbocycles. The Kier molecular flexibility index (Phi) is 6.35. The van der Waals surface area contributed by atoms with Gasteiger partial charge in [-0.25, -0.2) is 0 Å². The highest BCUT2D eigenvalue weighted by molar-refractivity contribution is 9.10. The molecule has 0 saturated carbocycles. The molecule has 2 amide bonds. The van der Waals surface area contributed by atoms with Gasteiger partial charge in [-0.3, -0.25) is 14.5 Å². The van der Waals surface area contributed by atoms with Gasteiger partial charge in [0.15, 0.2) is 0 Å². The molecule has 0 radical (unpaired) electrons. The maximum atomic E-state index is 12.6. The molecular weight excluding hydrogens is 394 g/mol. The molecule has 142 valence electrons. The van der Waals surface area contributed by atoms with E-state index in [1.807, 2.05) is 34.1 Å². The second kappa shape index (κ2) is 8.53. The van der Waals surface area contributed by atoms with E-state index in [4.69, 9.17) is 0 Å². The molecule has 1 aromatic rings. The highest BCUT2D eigenvalue weighted by atomic mass is 79.9. The van der Waals surface area contributed by atoms with Crippen LogP contribution in [0.5, 0.6) is 0 Å². The zero-order valence-corrected chi connectivity index (χ0v) is 17.2. The van der Waals surface area contributed by atoms with Gasteiger partial charge >= 0.3 is 0 Å². The Morgan fingerprint density at radius 3 is 2.12 bits per heavy atom. The molecule has 0 aromatic heterocycles. The fraction of sp³-hybridized carbons (Fsp3) is 0.600. The van der Waals surface area contributed by atoms with Gasteiger partial charge in [-0.2, -0.15) is 0 Å².